The first-order chi connectivity index (χ1) is 11.1. The Labute approximate surface area is 138 Å². The molecule has 0 radical (unpaired) electrons. The average molecular weight is 324 g/mol. The van der Waals surface area contributed by atoms with Gasteiger partial charge < -0.3 is 14.4 Å². The van der Waals surface area contributed by atoms with Crippen LogP contribution in [0.25, 0.3) is 0 Å². The van der Waals surface area contributed by atoms with Gasteiger partial charge in [-0.15, -0.1) is 0 Å². The molecular formula is C17H28N2O4. The fourth-order valence-electron chi connectivity index (χ4n) is 4.01. The zero-order valence-electron chi connectivity index (χ0n) is 14.3. The summed E-state index contributed by atoms with van der Waals surface area (Å²) >= 11 is 0. The van der Waals surface area contributed by atoms with Gasteiger partial charge in [0.2, 0.25) is 11.8 Å². The second-order valence-corrected chi connectivity index (χ2v) is 7.01. The largest absolute Gasteiger partial charge is 0.378 e. The molecule has 0 aromatic rings. The Kier molecular flexibility index (Phi) is 4.92. The lowest BCUT2D eigenvalue weighted by Crippen LogP contribution is -2.58. The van der Waals surface area contributed by atoms with E-state index in [4.69, 9.17) is 9.47 Å². The van der Waals surface area contributed by atoms with E-state index < -0.39 is 11.8 Å². The first kappa shape index (κ1) is 16.7. The molecule has 23 heavy (non-hydrogen) atoms. The Balaban J connectivity index is 1.79. The monoisotopic (exact) mass is 324 g/mol. The highest BCUT2D eigenvalue weighted by Crippen LogP contribution is 2.42. The van der Waals surface area contributed by atoms with Crippen LogP contribution in [0.15, 0.2) is 0 Å². The Morgan fingerprint density at radius 1 is 1.17 bits per heavy atom. The Morgan fingerprint density at radius 3 is 2.43 bits per heavy atom. The Bertz CT molecular complexity index is 454. The number of amides is 2. The molecule has 1 saturated carbocycles. The maximum atomic E-state index is 12.9. The highest BCUT2D eigenvalue weighted by Gasteiger charge is 2.53. The van der Waals surface area contributed by atoms with Crippen LogP contribution in [0, 0.1) is 5.92 Å². The summed E-state index contributed by atoms with van der Waals surface area (Å²) in [5.74, 6) is 0.714. The highest BCUT2D eigenvalue weighted by molar-refractivity contribution is 5.88. The summed E-state index contributed by atoms with van der Waals surface area (Å²) in [7, 11) is 0. The van der Waals surface area contributed by atoms with Crippen molar-refractivity contribution in [1.29, 1.82) is 0 Å². The van der Waals surface area contributed by atoms with Gasteiger partial charge in [-0.05, 0) is 31.6 Å². The second kappa shape index (κ2) is 6.77. The van der Waals surface area contributed by atoms with Crippen LogP contribution in [-0.4, -0.2) is 66.3 Å². The first-order valence-corrected chi connectivity index (χ1v) is 8.90. The molecule has 3 aliphatic rings. The summed E-state index contributed by atoms with van der Waals surface area (Å²) in [5.41, 5.74) is -0.549. The lowest BCUT2D eigenvalue weighted by molar-refractivity contribution is -0.163. The molecule has 3 fully saturated rings. The minimum absolute atomic E-state index is 0.0191. The number of rotatable bonds is 2. The summed E-state index contributed by atoms with van der Waals surface area (Å²) in [5, 5.41) is 0. The summed E-state index contributed by atoms with van der Waals surface area (Å²) in [6, 6.07) is -0.464. The van der Waals surface area contributed by atoms with Crippen molar-refractivity contribution in [3.63, 3.8) is 0 Å². The summed E-state index contributed by atoms with van der Waals surface area (Å²) in [6.07, 6.45) is 4.19. The van der Waals surface area contributed by atoms with Gasteiger partial charge in [0.15, 0.2) is 0 Å². The third-order valence-electron chi connectivity index (χ3n) is 5.50. The molecule has 2 amide bonds. The molecular weight excluding hydrogens is 296 g/mol. The zero-order valence-corrected chi connectivity index (χ0v) is 14.3. The second-order valence-electron chi connectivity index (χ2n) is 7.01. The molecule has 1 aliphatic carbocycles. The number of carbonyl (C=O) groups is 2. The van der Waals surface area contributed by atoms with Gasteiger partial charge in [0.1, 0.15) is 11.8 Å². The number of hydrogen-bond acceptors (Lipinski definition) is 4. The van der Waals surface area contributed by atoms with E-state index in [1.165, 1.54) is 0 Å². The molecule has 6 nitrogen and oxygen atoms in total. The SMILES string of the molecule is CCC(=O)N1[C@@H](C(=O)N2CCOCC2)COC12CCC(C)CC2. The van der Waals surface area contributed by atoms with Crippen molar-refractivity contribution in [2.24, 2.45) is 5.92 Å². The van der Waals surface area contributed by atoms with Crippen molar-refractivity contribution in [2.45, 2.75) is 57.7 Å². The van der Waals surface area contributed by atoms with E-state index in [-0.39, 0.29) is 11.8 Å². The van der Waals surface area contributed by atoms with E-state index in [0.29, 0.717) is 45.2 Å². The number of hydrogen-bond donors (Lipinski definition) is 0. The number of ether oxygens (including phenoxy) is 2. The molecule has 0 bridgehead atoms. The van der Waals surface area contributed by atoms with E-state index in [9.17, 15) is 9.59 Å². The van der Waals surface area contributed by atoms with Crippen LogP contribution in [0.4, 0.5) is 0 Å². The molecule has 6 heteroatoms. The summed E-state index contributed by atoms with van der Waals surface area (Å²) in [6.45, 7) is 6.78. The predicted octanol–water partition coefficient (Wildman–Crippen LogP) is 1.39. The van der Waals surface area contributed by atoms with Crippen LogP contribution >= 0.6 is 0 Å². The molecule has 1 atom stereocenters. The van der Waals surface area contributed by atoms with Gasteiger partial charge in [0.25, 0.3) is 0 Å². The maximum absolute atomic E-state index is 12.9. The van der Waals surface area contributed by atoms with E-state index in [2.05, 4.69) is 6.92 Å². The van der Waals surface area contributed by atoms with Crippen LogP contribution in [0.1, 0.15) is 46.0 Å². The van der Waals surface area contributed by atoms with Gasteiger partial charge in [-0.1, -0.05) is 13.8 Å². The topological polar surface area (TPSA) is 59.1 Å². The van der Waals surface area contributed by atoms with Crippen LogP contribution in [0.5, 0.6) is 0 Å². The maximum Gasteiger partial charge on any atom is 0.248 e. The summed E-state index contributed by atoms with van der Waals surface area (Å²) < 4.78 is 11.4. The van der Waals surface area contributed by atoms with Crippen LogP contribution in [-0.2, 0) is 19.1 Å². The molecule has 3 rings (SSSR count). The number of carbonyl (C=O) groups excluding carboxylic acids is 2. The zero-order chi connectivity index (χ0) is 16.4. The lowest BCUT2D eigenvalue weighted by Gasteiger charge is -2.43. The average Bonchev–Trinajstić information content (AvgIpc) is 2.96. The standard InChI is InChI=1S/C17H28N2O4/c1-3-15(20)19-14(16(21)18-8-10-22-11-9-18)12-23-17(19)6-4-13(2)5-7-17/h13-14H,3-12H2,1-2H3/t13?,14-,17?/m1/s1. The van der Waals surface area contributed by atoms with Crippen LogP contribution in [0.2, 0.25) is 0 Å². The molecule has 0 N–H and O–H groups in total. The first-order valence-electron chi connectivity index (χ1n) is 8.90. The van der Waals surface area contributed by atoms with Gasteiger partial charge in [-0.3, -0.25) is 14.5 Å². The fourth-order valence-corrected chi connectivity index (χ4v) is 4.01. The van der Waals surface area contributed by atoms with Crippen LogP contribution < -0.4 is 0 Å². The van der Waals surface area contributed by atoms with Crippen LogP contribution in [0.3, 0.4) is 0 Å². The van der Waals surface area contributed by atoms with E-state index in [1.807, 2.05) is 11.8 Å². The molecule has 0 aromatic carbocycles. The molecule has 2 aliphatic heterocycles. The van der Waals surface area contributed by atoms with Crippen molar-refractivity contribution >= 4 is 11.8 Å². The minimum Gasteiger partial charge on any atom is -0.378 e. The molecule has 2 saturated heterocycles. The highest BCUT2D eigenvalue weighted by atomic mass is 16.5. The van der Waals surface area contributed by atoms with Crippen molar-refractivity contribution in [3.8, 4) is 0 Å². The molecule has 130 valence electrons. The van der Waals surface area contributed by atoms with Gasteiger partial charge in [-0.25, -0.2) is 0 Å². The number of morpholine rings is 1. The van der Waals surface area contributed by atoms with Crippen molar-refractivity contribution in [1.82, 2.24) is 9.80 Å². The normalized spacial score (nSPS) is 34.9. The Hall–Kier alpha value is -1.14. The quantitative estimate of drug-likeness (QED) is 0.770. The van der Waals surface area contributed by atoms with Crippen molar-refractivity contribution in [3.05, 3.63) is 0 Å². The predicted molar refractivity (Wildman–Crippen MR) is 84.6 cm³/mol. The van der Waals surface area contributed by atoms with E-state index in [1.54, 1.807) is 4.90 Å². The molecule has 1 spiro atoms. The molecule has 0 unspecified atom stereocenters. The summed E-state index contributed by atoms with van der Waals surface area (Å²) in [4.78, 5) is 29.1. The van der Waals surface area contributed by atoms with Gasteiger partial charge in [-0.2, -0.15) is 0 Å². The fraction of sp³-hybridized carbons (Fsp3) is 0.882. The lowest BCUT2D eigenvalue weighted by atomic mass is 9.83. The van der Waals surface area contributed by atoms with Gasteiger partial charge >= 0.3 is 0 Å². The number of nitrogens with zero attached hydrogens (tertiary/aromatic N) is 2. The van der Waals surface area contributed by atoms with Gasteiger partial charge in [0, 0.05) is 19.5 Å². The van der Waals surface area contributed by atoms with Crippen molar-refractivity contribution < 1.29 is 19.1 Å². The van der Waals surface area contributed by atoms with E-state index in [0.717, 1.165) is 25.7 Å². The van der Waals surface area contributed by atoms with E-state index >= 15 is 0 Å². The third-order valence-corrected chi connectivity index (χ3v) is 5.50. The smallest absolute Gasteiger partial charge is 0.248 e. The van der Waals surface area contributed by atoms with Crippen molar-refractivity contribution in [2.75, 3.05) is 32.9 Å². The minimum atomic E-state index is -0.549. The molecule has 0 aromatic heterocycles. The third kappa shape index (κ3) is 3.11. The Morgan fingerprint density at radius 2 is 1.83 bits per heavy atom. The van der Waals surface area contributed by atoms with Gasteiger partial charge in [0.05, 0.1) is 19.8 Å². The molecule has 2 heterocycles.